The van der Waals surface area contributed by atoms with Crippen LogP contribution in [0.3, 0.4) is 0 Å². The van der Waals surface area contributed by atoms with E-state index >= 15 is 0 Å². The van der Waals surface area contributed by atoms with E-state index in [2.05, 4.69) is 11.4 Å². The fourth-order valence-corrected chi connectivity index (χ4v) is 4.84. The summed E-state index contributed by atoms with van der Waals surface area (Å²) in [6, 6.07) is 20.8. The van der Waals surface area contributed by atoms with Crippen LogP contribution >= 0.6 is 23.4 Å². The number of carbonyl (C=O) groups excluding carboxylic acids is 1. The zero-order valence-corrected chi connectivity index (χ0v) is 23.3. The molecular formula is C29H23ClN4O5S. The number of nitro benzene ring substituents is 1. The Labute approximate surface area is 239 Å². The van der Waals surface area contributed by atoms with Crippen LogP contribution in [0.25, 0.3) is 22.4 Å². The predicted octanol–water partition coefficient (Wildman–Crippen LogP) is 6.91. The molecule has 40 heavy (non-hydrogen) atoms. The first-order valence-corrected chi connectivity index (χ1v) is 13.2. The van der Waals surface area contributed by atoms with E-state index in [0.29, 0.717) is 49.6 Å². The van der Waals surface area contributed by atoms with Gasteiger partial charge < -0.3 is 14.8 Å². The highest BCUT2D eigenvalue weighted by Gasteiger charge is 2.19. The van der Waals surface area contributed by atoms with Gasteiger partial charge in [-0.25, -0.2) is 4.98 Å². The van der Waals surface area contributed by atoms with Gasteiger partial charge in [0.25, 0.3) is 5.69 Å². The van der Waals surface area contributed by atoms with Crippen LogP contribution in [0, 0.1) is 28.4 Å². The summed E-state index contributed by atoms with van der Waals surface area (Å²) in [6.45, 7) is 1.74. The molecule has 3 aromatic carbocycles. The molecule has 0 saturated heterocycles. The number of aryl methyl sites for hydroxylation is 1. The smallest absolute Gasteiger partial charge is 0.271 e. The average Bonchev–Trinajstić information content (AvgIpc) is 2.96. The number of halogens is 1. The molecule has 11 heteroatoms. The zero-order valence-electron chi connectivity index (χ0n) is 21.7. The minimum Gasteiger partial charge on any atom is -0.493 e. The number of pyridine rings is 1. The highest BCUT2D eigenvalue weighted by molar-refractivity contribution is 8.00. The average molecular weight is 575 g/mol. The second-order valence-electron chi connectivity index (χ2n) is 8.52. The van der Waals surface area contributed by atoms with Gasteiger partial charge >= 0.3 is 0 Å². The standard InChI is InChI=1S/C29H23ClN4O5S/c1-17-4-10-21(34(36)37)13-24(17)32-28(35)16-40-29-23(15-31)22(19-7-11-26(38-2)27(12-19)39-3)14-25(33-29)18-5-8-20(30)9-6-18/h4-14H,16H2,1-3H3,(H,32,35). The molecule has 1 amide bonds. The summed E-state index contributed by atoms with van der Waals surface area (Å²) < 4.78 is 10.8. The maximum atomic E-state index is 12.9. The maximum Gasteiger partial charge on any atom is 0.271 e. The molecular weight excluding hydrogens is 552 g/mol. The number of non-ortho nitro benzene ring substituents is 1. The zero-order chi connectivity index (χ0) is 28.8. The Hall–Kier alpha value is -4.59. The highest BCUT2D eigenvalue weighted by Crippen LogP contribution is 2.38. The molecule has 4 aromatic rings. The molecule has 0 aliphatic heterocycles. The number of nitriles is 1. The topological polar surface area (TPSA) is 127 Å². The van der Waals surface area contributed by atoms with Crippen molar-refractivity contribution in [2.24, 2.45) is 0 Å². The van der Waals surface area contributed by atoms with Gasteiger partial charge in [-0.15, -0.1) is 0 Å². The van der Waals surface area contributed by atoms with Crippen LogP contribution in [0.4, 0.5) is 11.4 Å². The fourth-order valence-electron chi connectivity index (χ4n) is 3.91. The Morgan fingerprint density at radius 2 is 1.75 bits per heavy atom. The van der Waals surface area contributed by atoms with Crippen molar-refractivity contribution in [3.63, 3.8) is 0 Å². The summed E-state index contributed by atoms with van der Waals surface area (Å²) in [5.41, 5.74) is 3.83. The Bertz CT molecular complexity index is 1640. The number of anilines is 1. The first kappa shape index (κ1) is 28.4. The second-order valence-corrected chi connectivity index (χ2v) is 9.92. The molecule has 0 aliphatic carbocycles. The fraction of sp³-hybridized carbons (Fsp3) is 0.138. The maximum absolute atomic E-state index is 12.9. The van der Waals surface area contributed by atoms with Gasteiger partial charge in [-0.2, -0.15) is 5.26 Å². The van der Waals surface area contributed by atoms with Gasteiger partial charge in [-0.3, -0.25) is 14.9 Å². The Balaban J connectivity index is 1.72. The van der Waals surface area contributed by atoms with Crippen molar-refractivity contribution in [2.75, 3.05) is 25.3 Å². The molecule has 202 valence electrons. The van der Waals surface area contributed by atoms with Crippen molar-refractivity contribution in [1.29, 1.82) is 5.26 Å². The molecule has 0 atom stereocenters. The van der Waals surface area contributed by atoms with Gasteiger partial charge in [-0.05, 0) is 48.4 Å². The quantitative estimate of drug-likeness (QED) is 0.130. The van der Waals surface area contributed by atoms with Crippen LogP contribution in [-0.4, -0.2) is 35.8 Å². The lowest BCUT2D eigenvalue weighted by Gasteiger charge is -2.15. The van der Waals surface area contributed by atoms with Gasteiger partial charge in [0, 0.05) is 28.3 Å². The summed E-state index contributed by atoms with van der Waals surface area (Å²) in [7, 11) is 3.07. The number of methoxy groups -OCH3 is 2. The van der Waals surface area contributed by atoms with Gasteiger partial charge in [0.15, 0.2) is 11.5 Å². The Morgan fingerprint density at radius 1 is 1.05 bits per heavy atom. The third-order valence-corrected chi connectivity index (χ3v) is 7.21. The molecule has 0 saturated carbocycles. The van der Waals surface area contributed by atoms with Crippen LogP contribution in [0.5, 0.6) is 11.5 Å². The van der Waals surface area contributed by atoms with Crippen molar-refractivity contribution >= 4 is 40.6 Å². The van der Waals surface area contributed by atoms with E-state index in [-0.39, 0.29) is 17.0 Å². The number of ether oxygens (including phenoxy) is 2. The summed E-state index contributed by atoms with van der Waals surface area (Å²) in [6.07, 6.45) is 0. The highest BCUT2D eigenvalue weighted by atomic mass is 35.5. The predicted molar refractivity (Wildman–Crippen MR) is 155 cm³/mol. The van der Waals surface area contributed by atoms with Crippen molar-refractivity contribution in [3.8, 4) is 40.0 Å². The molecule has 0 aliphatic rings. The number of aromatic nitrogens is 1. The molecule has 0 radical (unpaired) electrons. The van der Waals surface area contributed by atoms with Crippen molar-refractivity contribution < 1.29 is 19.2 Å². The minimum absolute atomic E-state index is 0.0841. The van der Waals surface area contributed by atoms with Crippen LogP contribution in [0.2, 0.25) is 5.02 Å². The third kappa shape index (κ3) is 6.34. The number of carbonyl (C=O) groups is 1. The number of rotatable bonds is 9. The summed E-state index contributed by atoms with van der Waals surface area (Å²) in [5.74, 6) is 0.553. The van der Waals surface area contributed by atoms with Gasteiger partial charge in [0.05, 0.1) is 41.8 Å². The van der Waals surface area contributed by atoms with E-state index in [0.717, 1.165) is 17.3 Å². The number of amides is 1. The number of thioether (sulfide) groups is 1. The van der Waals surface area contributed by atoms with Crippen molar-refractivity contribution in [3.05, 3.63) is 93.0 Å². The summed E-state index contributed by atoms with van der Waals surface area (Å²) in [4.78, 5) is 28.2. The number of nitrogens with one attached hydrogen (secondary N) is 1. The molecule has 1 heterocycles. The van der Waals surface area contributed by atoms with E-state index in [1.54, 1.807) is 43.3 Å². The van der Waals surface area contributed by atoms with E-state index in [4.69, 9.17) is 26.1 Å². The molecule has 0 spiro atoms. The lowest BCUT2D eigenvalue weighted by molar-refractivity contribution is -0.384. The second kappa shape index (κ2) is 12.5. The summed E-state index contributed by atoms with van der Waals surface area (Å²) >= 11 is 7.17. The van der Waals surface area contributed by atoms with E-state index < -0.39 is 10.8 Å². The number of benzene rings is 3. The number of hydrogen-bond acceptors (Lipinski definition) is 8. The summed E-state index contributed by atoms with van der Waals surface area (Å²) in [5, 5.41) is 25.0. The van der Waals surface area contributed by atoms with Crippen LogP contribution < -0.4 is 14.8 Å². The van der Waals surface area contributed by atoms with Gasteiger partial charge in [0.1, 0.15) is 11.1 Å². The van der Waals surface area contributed by atoms with Crippen LogP contribution in [0.1, 0.15) is 11.1 Å². The monoisotopic (exact) mass is 574 g/mol. The van der Waals surface area contributed by atoms with Crippen molar-refractivity contribution in [2.45, 2.75) is 11.9 Å². The number of nitrogens with zero attached hydrogens (tertiary/aromatic N) is 3. The number of hydrogen-bond donors (Lipinski definition) is 1. The molecule has 0 bridgehead atoms. The molecule has 0 fully saturated rings. The molecule has 1 aromatic heterocycles. The lowest BCUT2D eigenvalue weighted by Crippen LogP contribution is -2.15. The van der Waals surface area contributed by atoms with Gasteiger partial charge in [0.2, 0.25) is 5.91 Å². The Kier molecular flexibility index (Phi) is 8.89. The van der Waals surface area contributed by atoms with Gasteiger partial charge in [-0.1, -0.05) is 47.6 Å². The first-order chi connectivity index (χ1) is 19.2. The minimum atomic E-state index is -0.523. The number of nitro groups is 1. The Morgan fingerprint density at radius 3 is 2.40 bits per heavy atom. The molecule has 0 unspecified atom stereocenters. The van der Waals surface area contributed by atoms with Crippen LogP contribution in [0.15, 0.2) is 71.8 Å². The largest absolute Gasteiger partial charge is 0.493 e. The van der Waals surface area contributed by atoms with Crippen molar-refractivity contribution in [1.82, 2.24) is 4.98 Å². The van der Waals surface area contributed by atoms with E-state index in [1.807, 2.05) is 18.2 Å². The third-order valence-electron chi connectivity index (χ3n) is 5.98. The lowest BCUT2D eigenvalue weighted by atomic mass is 9.99. The SMILES string of the molecule is COc1ccc(-c2cc(-c3ccc(Cl)cc3)nc(SCC(=O)Nc3cc([N+](=O)[O-])ccc3C)c2C#N)cc1OC. The normalized spacial score (nSPS) is 10.5. The molecule has 4 rings (SSSR count). The molecule has 9 nitrogen and oxygen atoms in total. The van der Waals surface area contributed by atoms with E-state index in [1.165, 1.54) is 26.4 Å². The van der Waals surface area contributed by atoms with E-state index in [9.17, 15) is 20.2 Å². The molecule has 1 N–H and O–H groups in total. The van der Waals surface area contributed by atoms with Crippen LogP contribution in [-0.2, 0) is 4.79 Å². The first-order valence-electron chi connectivity index (χ1n) is 11.8.